The van der Waals surface area contributed by atoms with E-state index in [-0.39, 0.29) is 38.7 Å². The molecule has 0 atom stereocenters. The molecule has 6 aromatic carbocycles. The molecule has 318 valence electrons. The standard InChI is InChI=1S/C56H57N4O.Pt/c1-36(2)48-32-45(41-18-11-9-12-19-41)33-49(37(3)4)52(48)59-29-27-57-55(59)44-23-15-17-40(31-44)25-26-43-22-16-24-47(54(43)61)56-58-28-30-60(56)53-50(38(5)6)34-46(35-51(53)39(7)8)42-20-13-10-14-21-42;/h9-24,27-30,32-39,61H,25-26H2,1-8H3;/q-1;. The number of imidazole rings is 2. The SMILES string of the molecule is CC(C)c1cc(-c2ccccc2)cc(C(C)C)c1-n1ccnc1-c1[c-]c(CCc2cccc(-c3nccn3-c3c(C(C)C)cc(-c4ccccc4)cc3C(C)C)c2O)ccc1.[Pt]. The molecule has 0 radical (unpaired) electrons. The molecule has 0 amide bonds. The van der Waals surface area contributed by atoms with Crippen LogP contribution in [0.3, 0.4) is 0 Å². The van der Waals surface area contributed by atoms with Crippen LogP contribution in [0.5, 0.6) is 5.75 Å². The van der Waals surface area contributed by atoms with Crippen molar-refractivity contribution in [1.82, 2.24) is 19.1 Å². The zero-order valence-electron chi connectivity index (χ0n) is 37.1. The predicted molar refractivity (Wildman–Crippen MR) is 253 cm³/mol. The van der Waals surface area contributed by atoms with Crippen molar-refractivity contribution in [2.24, 2.45) is 0 Å². The summed E-state index contributed by atoms with van der Waals surface area (Å²) in [6, 6.07) is 46.7. The van der Waals surface area contributed by atoms with Crippen LogP contribution >= 0.6 is 0 Å². The molecular formula is C56H57N4OPt-. The van der Waals surface area contributed by atoms with Crippen molar-refractivity contribution < 1.29 is 26.2 Å². The van der Waals surface area contributed by atoms with E-state index in [1.54, 1.807) is 0 Å². The number of benzene rings is 6. The van der Waals surface area contributed by atoms with Crippen LogP contribution in [0.2, 0.25) is 0 Å². The molecule has 0 saturated heterocycles. The fourth-order valence-corrected chi connectivity index (χ4v) is 8.67. The maximum Gasteiger partial charge on any atom is 0.148 e. The number of rotatable bonds is 13. The first-order valence-electron chi connectivity index (χ1n) is 21.9. The number of aromatic hydroxyl groups is 1. The molecule has 6 heteroatoms. The Morgan fingerprint density at radius 3 is 1.44 bits per heavy atom. The molecule has 2 heterocycles. The van der Waals surface area contributed by atoms with Crippen molar-refractivity contribution in [2.45, 2.75) is 91.9 Å². The summed E-state index contributed by atoms with van der Waals surface area (Å²) in [7, 11) is 0. The number of aromatic nitrogens is 4. The summed E-state index contributed by atoms with van der Waals surface area (Å²) in [4.78, 5) is 9.81. The maximum atomic E-state index is 12.0. The van der Waals surface area contributed by atoms with E-state index in [2.05, 4.69) is 180 Å². The minimum atomic E-state index is 0. The van der Waals surface area contributed by atoms with Crippen LogP contribution in [-0.2, 0) is 33.9 Å². The van der Waals surface area contributed by atoms with Crippen molar-refractivity contribution in [3.63, 3.8) is 0 Å². The van der Waals surface area contributed by atoms with Crippen LogP contribution in [0.4, 0.5) is 0 Å². The molecule has 8 rings (SSSR count). The second kappa shape index (κ2) is 19.1. The second-order valence-corrected chi connectivity index (χ2v) is 17.5. The molecular weight excluding hydrogens is 940 g/mol. The van der Waals surface area contributed by atoms with E-state index in [4.69, 9.17) is 9.97 Å². The average molecular weight is 997 g/mol. The smallest absolute Gasteiger partial charge is 0.148 e. The Kier molecular flexibility index (Phi) is 13.6. The number of para-hydroxylation sites is 1. The number of aryl methyl sites for hydroxylation is 2. The number of nitrogens with zero attached hydrogens (tertiary/aromatic N) is 4. The Morgan fingerprint density at radius 1 is 0.500 bits per heavy atom. The van der Waals surface area contributed by atoms with Crippen molar-refractivity contribution in [3.05, 3.63) is 186 Å². The fourth-order valence-electron chi connectivity index (χ4n) is 8.67. The molecule has 5 nitrogen and oxygen atoms in total. The maximum absolute atomic E-state index is 12.0. The third-order valence-electron chi connectivity index (χ3n) is 11.9. The van der Waals surface area contributed by atoms with Gasteiger partial charge >= 0.3 is 0 Å². The van der Waals surface area contributed by atoms with E-state index in [1.807, 2.05) is 36.8 Å². The quantitative estimate of drug-likeness (QED) is 0.117. The van der Waals surface area contributed by atoms with Gasteiger partial charge in [0.05, 0.1) is 17.1 Å². The van der Waals surface area contributed by atoms with E-state index in [0.717, 1.165) is 39.6 Å². The minimum absolute atomic E-state index is 0. The molecule has 0 aliphatic carbocycles. The molecule has 0 aliphatic rings. The molecule has 0 saturated carbocycles. The molecule has 1 N–H and O–H groups in total. The van der Waals surface area contributed by atoms with Gasteiger partial charge in [0.25, 0.3) is 0 Å². The summed E-state index contributed by atoms with van der Waals surface area (Å²) in [5.41, 5.74) is 15.9. The number of phenols is 1. The first kappa shape index (κ1) is 44.3. The molecule has 2 aromatic heterocycles. The van der Waals surface area contributed by atoms with Gasteiger partial charge in [-0.15, -0.1) is 35.4 Å². The predicted octanol–water partition coefficient (Wildman–Crippen LogP) is 14.5. The third kappa shape index (κ3) is 8.92. The molecule has 0 bridgehead atoms. The van der Waals surface area contributed by atoms with Crippen LogP contribution in [-0.4, -0.2) is 24.2 Å². The fraction of sp³-hybridized carbons (Fsp3) is 0.250. The molecule has 0 unspecified atom stereocenters. The summed E-state index contributed by atoms with van der Waals surface area (Å²) < 4.78 is 4.44. The Balaban J connectivity index is 0.00000578. The molecule has 62 heavy (non-hydrogen) atoms. The largest absolute Gasteiger partial charge is 0.507 e. The monoisotopic (exact) mass is 996 g/mol. The van der Waals surface area contributed by atoms with E-state index in [0.29, 0.717) is 24.7 Å². The number of hydrogen-bond donors (Lipinski definition) is 1. The van der Waals surface area contributed by atoms with Crippen molar-refractivity contribution >= 4 is 0 Å². The van der Waals surface area contributed by atoms with Crippen LogP contribution < -0.4 is 0 Å². The second-order valence-electron chi connectivity index (χ2n) is 17.5. The van der Waals surface area contributed by atoms with Gasteiger partial charge in [0.2, 0.25) is 0 Å². The van der Waals surface area contributed by atoms with E-state index in [1.165, 1.54) is 50.2 Å². The number of phenolic OH excluding ortho intramolecular Hbond substituents is 1. The van der Waals surface area contributed by atoms with Crippen molar-refractivity contribution in [1.29, 1.82) is 0 Å². The normalized spacial score (nSPS) is 11.5. The van der Waals surface area contributed by atoms with Gasteiger partial charge in [-0.2, -0.15) is 0 Å². The molecule has 8 aromatic rings. The van der Waals surface area contributed by atoms with Gasteiger partial charge in [-0.05, 0) is 117 Å². The van der Waals surface area contributed by atoms with E-state index >= 15 is 0 Å². The Morgan fingerprint density at radius 2 is 0.952 bits per heavy atom. The van der Waals surface area contributed by atoms with Gasteiger partial charge in [-0.3, -0.25) is 9.55 Å². The Bertz CT molecular complexity index is 2720. The first-order valence-corrected chi connectivity index (χ1v) is 21.9. The van der Waals surface area contributed by atoms with Gasteiger partial charge in [0, 0.05) is 51.5 Å². The van der Waals surface area contributed by atoms with Crippen LogP contribution in [0, 0.1) is 6.07 Å². The van der Waals surface area contributed by atoms with Gasteiger partial charge in [-0.25, -0.2) is 4.98 Å². The summed E-state index contributed by atoms with van der Waals surface area (Å²) in [5.74, 6) is 3.01. The Hall–Kier alpha value is -5.77. The molecule has 0 spiro atoms. The zero-order valence-corrected chi connectivity index (χ0v) is 39.4. The van der Waals surface area contributed by atoms with Crippen LogP contribution in [0.1, 0.15) is 112 Å². The summed E-state index contributed by atoms with van der Waals surface area (Å²) in [6.07, 6.45) is 9.21. The van der Waals surface area contributed by atoms with Crippen molar-refractivity contribution in [3.8, 4) is 62.2 Å². The van der Waals surface area contributed by atoms with Crippen LogP contribution in [0.25, 0.3) is 56.4 Å². The number of hydrogen-bond acceptors (Lipinski definition) is 3. The van der Waals surface area contributed by atoms with Gasteiger partial charge in [0.15, 0.2) is 0 Å². The first-order chi connectivity index (χ1) is 29.5. The minimum Gasteiger partial charge on any atom is -0.507 e. The third-order valence-corrected chi connectivity index (χ3v) is 11.9. The summed E-state index contributed by atoms with van der Waals surface area (Å²) in [6.45, 7) is 18.1. The molecule has 0 fully saturated rings. The van der Waals surface area contributed by atoms with Gasteiger partial charge < -0.3 is 9.67 Å². The summed E-state index contributed by atoms with van der Waals surface area (Å²) in [5, 5.41) is 12.0. The molecule has 0 aliphatic heterocycles. The van der Waals surface area contributed by atoms with Gasteiger partial charge in [-0.1, -0.05) is 128 Å². The van der Waals surface area contributed by atoms with E-state index < -0.39 is 0 Å². The average Bonchev–Trinajstić information content (AvgIpc) is 3.97. The zero-order chi connectivity index (χ0) is 42.8. The summed E-state index contributed by atoms with van der Waals surface area (Å²) >= 11 is 0. The topological polar surface area (TPSA) is 55.9 Å². The van der Waals surface area contributed by atoms with Crippen LogP contribution in [0.15, 0.2) is 146 Å². The van der Waals surface area contributed by atoms with E-state index in [9.17, 15) is 5.11 Å². The van der Waals surface area contributed by atoms with Crippen molar-refractivity contribution in [2.75, 3.05) is 0 Å². The Labute approximate surface area is 382 Å². The van der Waals surface area contributed by atoms with Gasteiger partial charge in [0.1, 0.15) is 11.6 Å².